The average molecular weight is 315 g/mol. The number of hydrogen-bond acceptors (Lipinski definition) is 3. The van der Waals surface area contributed by atoms with Crippen LogP contribution in [0.3, 0.4) is 0 Å². The second-order valence-corrected chi connectivity index (χ2v) is 4.42. The molecule has 0 aliphatic heterocycles. The van der Waals surface area contributed by atoms with Gasteiger partial charge in [0.1, 0.15) is 11.6 Å². The van der Waals surface area contributed by atoms with E-state index in [0.29, 0.717) is 10.0 Å². The Bertz CT molecular complexity index is 578. The molecule has 0 saturated heterocycles. The van der Waals surface area contributed by atoms with E-state index in [-0.39, 0.29) is 18.2 Å². The summed E-state index contributed by atoms with van der Waals surface area (Å²) in [5.41, 5.74) is 5.70. The van der Waals surface area contributed by atoms with Crippen LogP contribution in [0.5, 0.6) is 11.6 Å². The summed E-state index contributed by atoms with van der Waals surface area (Å²) in [6, 6.07) is 5.36. The lowest BCUT2D eigenvalue weighted by Crippen LogP contribution is -2.00. The molecule has 0 fully saturated rings. The molecule has 18 heavy (non-hydrogen) atoms. The van der Waals surface area contributed by atoms with Crippen molar-refractivity contribution in [2.75, 3.05) is 0 Å². The van der Waals surface area contributed by atoms with Crippen LogP contribution in [0.2, 0.25) is 0 Å². The average Bonchev–Trinajstić information content (AvgIpc) is 2.33. The molecule has 2 rings (SSSR count). The fourth-order valence-corrected chi connectivity index (χ4v) is 1.65. The summed E-state index contributed by atoms with van der Waals surface area (Å²) < 4.78 is 32.5. The molecule has 6 heteroatoms. The zero-order chi connectivity index (χ0) is 13.1. The van der Waals surface area contributed by atoms with Gasteiger partial charge in [-0.25, -0.2) is 13.8 Å². The van der Waals surface area contributed by atoms with Crippen molar-refractivity contribution < 1.29 is 13.5 Å². The Kier molecular flexibility index (Phi) is 3.88. The molecule has 0 aliphatic rings. The van der Waals surface area contributed by atoms with Crippen LogP contribution in [-0.2, 0) is 6.54 Å². The third-order valence-corrected chi connectivity index (χ3v) is 2.67. The molecule has 0 aliphatic carbocycles. The molecule has 1 aromatic carbocycles. The van der Waals surface area contributed by atoms with Crippen LogP contribution in [0.4, 0.5) is 8.78 Å². The molecule has 2 N–H and O–H groups in total. The zero-order valence-electron chi connectivity index (χ0n) is 9.16. The van der Waals surface area contributed by atoms with Gasteiger partial charge in [-0.1, -0.05) is 6.07 Å². The molecule has 0 unspecified atom stereocenters. The number of rotatable bonds is 3. The number of halogens is 3. The largest absolute Gasteiger partial charge is 0.436 e. The summed E-state index contributed by atoms with van der Waals surface area (Å²) >= 11 is 3.08. The Balaban J connectivity index is 2.26. The Morgan fingerprint density at radius 2 is 2.00 bits per heavy atom. The van der Waals surface area contributed by atoms with E-state index in [1.54, 1.807) is 0 Å². The van der Waals surface area contributed by atoms with Gasteiger partial charge in [-0.05, 0) is 28.1 Å². The smallest absolute Gasteiger partial charge is 0.255 e. The predicted octanol–water partition coefficient (Wildman–Crippen LogP) is 3.37. The standard InChI is InChI=1S/C12H9BrF2N2O/c13-8-3-11(15)12(17-6-8)18-9-2-1-7(5-16)10(14)4-9/h1-4,6H,5,16H2. The van der Waals surface area contributed by atoms with Crippen LogP contribution < -0.4 is 10.5 Å². The maximum Gasteiger partial charge on any atom is 0.255 e. The Hall–Kier alpha value is -1.53. The summed E-state index contributed by atoms with van der Waals surface area (Å²) in [6.07, 6.45) is 1.39. The van der Waals surface area contributed by atoms with Gasteiger partial charge in [0, 0.05) is 28.8 Å². The van der Waals surface area contributed by atoms with Crippen molar-refractivity contribution in [1.82, 2.24) is 4.98 Å². The summed E-state index contributed by atoms with van der Waals surface area (Å²) in [5.74, 6) is -1.17. The number of nitrogens with zero attached hydrogens (tertiary/aromatic N) is 1. The van der Waals surface area contributed by atoms with E-state index < -0.39 is 11.6 Å². The highest BCUT2D eigenvalue weighted by molar-refractivity contribution is 9.10. The van der Waals surface area contributed by atoms with Crippen LogP contribution in [0.15, 0.2) is 34.9 Å². The van der Waals surface area contributed by atoms with Crippen molar-refractivity contribution in [3.8, 4) is 11.6 Å². The Morgan fingerprint density at radius 3 is 2.61 bits per heavy atom. The van der Waals surface area contributed by atoms with Crippen LogP contribution >= 0.6 is 15.9 Å². The maximum absolute atomic E-state index is 13.5. The molecule has 0 spiro atoms. The minimum absolute atomic E-state index is 0.0943. The molecule has 2 aromatic rings. The minimum Gasteiger partial charge on any atom is -0.436 e. The summed E-state index contributed by atoms with van der Waals surface area (Å²) in [7, 11) is 0. The SMILES string of the molecule is NCc1ccc(Oc2ncc(Br)cc2F)cc1F. The Morgan fingerprint density at radius 1 is 1.22 bits per heavy atom. The molecular formula is C12H9BrF2N2O. The molecule has 3 nitrogen and oxygen atoms in total. The molecule has 0 atom stereocenters. The lowest BCUT2D eigenvalue weighted by Gasteiger charge is -2.07. The Labute approximate surface area is 111 Å². The lowest BCUT2D eigenvalue weighted by atomic mass is 10.2. The van der Waals surface area contributed by atoms with Gasteiger partial charge < -0.3 is 10.5 Å². The van der Waals surface area contributed by atoms with Crippen molar-refractivity contribution in [3.05, 3.63) is 52.1 Å². The number of ether oxygens (including phenoxy) is 1. The first-order valence-electron chi connectivity index (χ1n) is 5.07. The van der Waals surface area contributed by atoms with Gasteiger partial charge in [-0.15, -0.1) is 0 Å². The van der Waals surface area contributed by atoms with Gasteiger partial charge in [0.05, 0.1) is 0 Å². The number of pyridine rings is 1. The van der Waals surface area contributed by atoms with Crippen molar-refractivity contribution in [2.24, 2.45) is 5.73 Å². The second-order valence-electron chi connectivity index (χ2n) is 3.50. The quantitative estimate of drug-likeness (QED) is 0.945. The maximum atomic E-state index is 13.5. The van der Waals surface area contributed by atoms with Gasteiger partial charge in [-0.2, -0.15) is 0 Å². The van der Waals surface area contributed by atoms with Crippen molar-refractivity contribution >= 4 is 15.9 Å². The lowest BCUT2D eigenvalue weighted by molar-refractivity contribution is 0.419. The fourth-order valence-electron chi connectivity index (χ4n) is 1.35. The van der Waals surface area contributed by atoms with E-state index >= 15 is 0 Å². The minimum atomic E-state index is -0.632. The van der Waals surface area contributed by atoms with E-state index in [9.17, 15) is 8.78 Å². The van der Waals surface area contributed by atoms with E-state index in [1.807, 2.05) is 0 Å². The van der Waals surface area contributed by atoms with Crippen molar-refractivity contribution in [1.29, 1.82) is 0 Å². The van der Waals surface area contributed by atoms with Crippen LogP contribution in [0, 0.1) is 11.6 Å². The van der Waals surface area contributed by atoms with E-state index in [2.05, 4.69) is 20.9 Å². The molecule has 0 amide bonds. The van der Waals surface area contributed by atoms with E-state index in [4.69, 9.17) is 10.5 Å². The molecular weight excluding hydrogens is 306 g/mol. The monoisotopic (exact) mass is 314 g/mol. The van der Waals surface area contributed by atoms with E-state index in [0.717, 1.165) is 6.07 Å². The predicted molar refractivity (Wildman–Crippen MR) is 66.3 cm³/mol. The molecule has 0 saturated carbocycles. The van der Waals surface area contributed by atoms with Gasteiger partial charge in [0.15, 0.2) is 5.82 Å². The number of hydrogen-bond donors (Lipinski definition) is 1. The first kappa shape index (κ1) is 12.9. The van der Waals surface area contributed by atoms with Crippen LogP contribution in [0.25, 0.3) is 0 Å². The first-order valence-corrected chi connectivity index (χ1v) is 5.87. The topological polar surface area (TPSA) is 48.1 Å². The third kappa shape index (κ3) is 2.83. The summed E-state index contributed by atoms with van der Waals surface area (Å²) in [4.78, 5) is 3.75. The summed E-state index contributed by atoms with van der Waals surface area (Å²) in [6.45, 7) is 0.0943. The highest BCUT2D eigenvalue weighted by atomic mass is 79.9. The summed E-state index contributed by atoms with van der Waals surface area (Å²) in [5, 5.41) is 0. The van der Waals surface area contributed by atoms with Gasteiger partial charge in [0.2, 0.25) is 0 Å². The molecule has 0 radical (unpaired) electrons. The van der Waals surface area contributed by atoms with Gasteiger partial charge >= 0.3 is 0 Å². The number of benzene rings is 1. The highest BCUT2D eigenvalue weighted by Crippen LogP contribution is 2.25. The first-order chi connectivity index (χ1) is 8.60. The van der Waals surface area contributed by atoms with Crippen molar-refractivity contribution in [3.63, 3.8) is 0 Å². The fraction of sp³-hybridized carbons (Fsp3) is 0.0833. The number of aromatic nitrogens is 1. The second kappa shape index (κ2) is 5.41. The molecule has 94 valence electrons. The van der Waals surface area contributed by atoms with Crippen LogP contribution in [-0.4, -0.2) is 4.98 Å². The number of nitrogens with two attached hydrogens (primary N) is 1. The molecule has 0 bridgehead atoms. The normalized spacial score (nSPS) is 10.4. The molecule has 1 aromatic heterocycles. The van der Waals surface area contributed by atoms with Gasteiger partial charge in [0.25, 0.3) is 5.88 Å². The van der Waals surface area contributed by atoms with Gasteiger partial charge in [-0.3, -0.25) is 0 Å². The zero-order valence-corrected chi connectivity index (χ0v) is 10.7. The van der Waals surface area contributed by atoms with Crippen molar-refractivity contribution in [2.45, 2.75) is 6.54 Å². The third-order valence-electron chi connectivity index (χ3n) is 2.23. The highest BCUT2D eigenvalue weighted by Gasteiger charge is 2.09. The van der Waals surface area contributed by atoms with E-state index in [1.165, 1.54) is 24.4 Å². The van der Waals surface area contributed by atoms with Crippen LogP contribution in [0.1, 0.15) is 5.56 Å². The molecule has 1 heterocycles.